The Hall–Kier alpha value is -3.74. The van der Waals surface area contributed by atoms with Crippen molar-refractivity contribution in [1.82, 2.24) is 0 Å². The lowest BCUT2D eigenvalue weighted by Gasteiger charge is -2.27. The summed E-state index contributed by atoms with van der Waals surface area (Å²) < 4.78 is 15.3. The predicted molar refractivity (Wildman–Crippen MR) is 91.3 cm³/mol. The maximum absolute atomic E-state index is 12.5. The highest BCUT2D eigenvalue weighted by atomic mass is 16.6. The van der Waals surface area contributed by atoms with E-state index in [-0.39, 0.29) is 40.7 Å². The molecule has 1 heterocycles. The molecular formula is C17H17N3O7. The van der Waals surface area contributed by atoms with Gasteiger partial charge < -0.3 is 25.1 Å². The number of carbonyl (C=O) groups is 1. The summed E-state index contributed by atoms with van der Waals surface area (Å²) in [5.41, 5.74) is 5.13. The molecule has 3 N–H and O–H groups in total. The van der Waals surface area contributed by atoms with Gasteiger partial charge in [0, 0.05) is 6.07 Å². The van der Waals surface area contributed by atoms with Crippen molar-refractivity contribution in [2.24, 2.45) is 5.73 Å². The molecule has 2 rings (SSSR count). The number of phenols is 1. The lowest BCUT2D eigenvalue weighted by atomic mass is 9.82. The number of carbonyl (C=O) groups excluding carboxylic acids is 1. The maximum atomic E-state index is 12.5. The highest BCUT2D eigenvalue weighted by Crippen LogP contribution is 2.45. The van der Waals surface area contributed by atoms with Crippen molar-refractivity contribution in [1.29, 1.82) is 5.26 Å². The normalized spacial score (nSPS) is 16.4. The zero-order valence-electron chi connectivity index (χ0n) is 14.8. The van der Waals surface area contributed by atoms with Crippen LogP contribution in [0.5, 0.6) is 11.5 Å². The Kier molecular flexibility index (Phi) is 5.55. The Morgan fingerprint density at radius 3 is 2.70 bits per heavy atom. The minimum Gasteiger partial charge on any atom is -0.500 e. The molecule has 1 unspecified atom stereocenters. The minimum atomic E-state index is -1.09. The van der Waals surface area contributed by atoms with Gasteiger partial charge in [-0.25, -0.2) is 4.79 Å². The number of allylic oxidation sites excluding steroid dienone is 2. The van der Waals surface area contributed by atoms with Crippen LogP contribution in [0.15, 0.2) is 34.9 Å². The van der Waals surface area contributed by atoms with Crippen LogP contribution < -0.4 is 10.5 Å². The SMILES string of the molecule is CCOC(=O)C1=C(C)OC(N)=C(C#N)C1c1cc(OC)c(O)c([N+](=O)[O-])c1. The number of ether oxygens (including phenoxy) is 3. The number of rotatable bonds is 5. The number of nitro benzene ring substituents is 1. The van der Waals surface area contributed by atoms with Gasteiger partial charge in [0.2, 0.25) is 11.6 Å². The number of nitro groups is 1. The van der Waals surface area contributed by atoms with Crippen molar-refractivity contribution >= 4 is 11.7 Å². The summed E-state index contributed by atoms with van der Waals surface area (Å²) in [7, 11) is 1.22. The highest BCUT2D eigenvalue weighted by Gasteiger charge is 2.38. The number of nitriles is 1. The molecular weight excluding hydrogens is 358 g/mol. The Bertz CT molecular complexity index is 912. The van der Waals surface area contributed by atoms with E-state index >= 15 is 0 Å². The molecule has 0 spiro atoms. The van der Waals surface area contributed by atoms with E-state index in [0.717, 1.165) is 6.07 Å². The quantitative estimate of drug-likeness (QED) is 0.445. The second-order valence-corrected chi connectivity index (χ2v) is 5.46. The smallest absolute Gasteiger partial charge is 0.338 e. The van der Waals surface area contributed by atoms with Gasteiger partial charge in [0.1, 0.15) is 17.4 Å². The van der Waals surface area contributed by atoms with E-state index in [1.54, 1.807) is 6.92 Å². The lowest BCUT2D eigenvalue weighted by molar-refractivity contribution is -0.386. The van der Waals surface area contributed by atoms with E-state index < -0.39 is 28.2 Å². The van der Waals surface area contributed by atoms with Crippen molar-refractivity contribution < 1.29 is 29.0 Å². The van der Waals surface area contributed by atoms with Gasteiger partial charge in [-0.15, -0.1) is 0 Å². The molecule has 0 radical (unpaired) electrons. The largest absolute Gasteiger partial charge is 0.500 e. The monoisotopic (exact) mass is 375 g/mol. The molecule has 0 bridgehead atoms. The molecule has 142 valence electrons. The second-order valence-electron chi connectivity index (χ2n) is 5.46. The third-order valence-corrected chi connectivity index (χ3v) is 3.93. The number of hydrogen-bond donors (Lipinski definition) is 2. The van der Waals surface area contributed by atoms with Crippen LogP contribution in [-0.4, -0.2) is 29.7 Å². The predicted octanol–water partition coefficient (Wildman–Crippen LogP) is 1.95. The van der Waals surface area contributed by atoms with Gasteiger partial charge in [-0.05, 0) is 25.5 Å². The highest BCUT2D eigenvalue weighted by molar-refractivity contribution is 5.92. The Balaban J connectivity index is 2.79. The van der Waals surface area contributed by atoms with Crippen LogP contribution in [0.1, 0.15) is 25.3 Å². The first-order valence-corrected chi connectivity index (χ1v) is 7.77. The van der Waals surface area contributed by atoms with E-state index in [1.165, 1.54) is 20.1 Å². The fourth-order valence-corrected chi connectivity index (χ4v) is 2.76. The van der Waals surface area contributed by atoms with Gasteiger partial charge in [-0.1, -0.05) is 0 Å². The zero-order valence-corrected chi connectivity index (χ0v) is 14.8. The van der Waals surface area contributed by atoms with Gasteiger partial charge in [0.25, 0.3) is 0 Å². The first kappa shape index (κ1) is 19.6. The molecule has 10 heteroatoms. The summed E-state index contributed by atoms with van der Waals surface area (Å²) in [5.74, 6) is -2.84. The van der Waals surface area contributed by atoms with Crippen molar-refractivity contribution in [3.8, 4) is 17.6 Å². The third-order valence-electron chi connectivity index (χ3n) is 3.93. The lowest BCUT2D eigenvalue weighted by Crippen LogP contribution is -2.25. The van der Waals surface area contributed by atoms with Crippen LogP contribution in [-0.2, 0) is 14.3 Å². The second kappa shape index (κ2) is 7.65. The number of phenolic OH excluding ortho intramolecular Hbond substituents is 1. The molecule has 1 aliphatic rings. The van der Waals surface area contributed by atoms with Crippen LogP contribution in [0.4, 0.5) is 5.69 Å². The number of methoxy groups -OCH3 is 1. The van der Waals surface area contributed by atoms with Crippen molar-refractivity contribution in [2.45, 2.75) is 19.8 Å². The Morgan fingerprint density at radius 2 is 2.19 bits per heavy atom. The fraction of sp³-hybridized carbons (Fsp3) is 0.294. The summed E-state index contributed by atoms with van der Waals surface area (Å²) in [6.07, 6.45) is 0. The standard InChI is InChI=1S/C17H17N3O7/c1-4-26-17(22)13-8(2)27-16(19)10(7-18)14(13)9-5-11(20(23)24)15(21)12(6-9)25-3/h5-6,14,21H,4,19H2,1-3H3. The van der Waals surface area contributed by atoms with Gasteiger partial charge >= 0.3 is 11.7 Å². The van der Waals surface area contributed by atoms with E-state index in [9.17, 15) is 25.3 Å². The van der Waals surface area contributed by atoms with Crippen LogP contribution in [0.2, 0.25) is 0 Å². The third kappa shape index (κ3) is 3.48. The molecule has 10 nitrogen and oxygen atoms in total. The molecule has 0 saturated carbocycles. The van der Waals surface area contributed by atoms with Gasteiger partial charge in [-0.3, -0.25) is 10.1 Å². The summed E-state index contributed by atoms with van der Waals surface area (Å²) in [5, 5.41) is 30.8. The number of nitrogens with zero attached hydrogens (tertiary/aromatic N) is 2. The van der Waals surface area contributed by atoms with Crippen molar-refractivity contribution in [3.05, 3.63) is 50.6 Å². The van der Waals surface area contributed by atoms with Gasteiger partial charge in [0.05, 0.1) is 30.1 Å². The number of esters is 1. The first-order valence-electron chi connectivity index (χ1n) is 7.77. The topological polar surface area (TPSA) is 158 Å². The van der Waals surface area contributed by atoms with Crippen LogP contribution in [0.25, 0.3) is 0 Å². The van der Waals surface area contributed by atoms with Gasteiger partial charge in [-0.2, -0.15) is 5.26 Å². The maximum Gasteiger partial charge on any atom is 0.338 e. The number of aromatic hydroxyl groups is 1. The molecule has 1 aliphatic heterocycles. The van der Waals surface area contributed by atoms with Crippen LogP contribution in [0, 0.1) is 21.4 Å². The van der Waals surface area contributed by atoms with E-state index in [4.69, 9.17) is 19.9 Å². The van der Waals surface area contributed by atoms with Crippen molar-refractivity contribution in [2.75, 3.05) is 13.7 Å². The van der Waals surface area contributed by atoms with E-state index in [1.807, 2.05) is 6.07 Å². The summed E-state index contributed by atoms with van der Waals surface area (Å²) in [4.78, 5) is 22.9. The van der Waals surface area contributed by atoms with Crippen LogP contribution in [0.3, 0.4) is 0 Å². The first-order chi connectivity index (χ1) is 12.8. The fourth-order valence-electron chi connectivity index (χ4n) is 2.76. The molecule has 1 atom stereocenters. The average Bonchev–Trinajstić information content (AvgIpc) is 2.61. The van der Waals surface area contributed by atoms with E-state index in [2.05, 4.69) is 0 Å². The Morgan fingerprint density at radius 1 is 1.52 bits per heavy atom. The zero-order chi connectivity index (χ0) is 20.3. The Labute approximate surface area is 154 Å². The molecule has 0 amide bonds. The molecule has 0 saturated heterocycles. The molecule has 0 aromatic heterocycles. The minimum absolute atomic E-state index is 0.0235. The average molecular weight is 375 g/mol. The molecule has 0 aliphatic carbocycles. The molecule has 27 heavy (non-hydrogen) atoms. The number of benzene rings is 1. The molecule has 0 fully saturated rings. The van der Waals surface area contributed by atoms with E-state index in [0.29, 0.717) is 0 Å². The van der Waals surface area contributed by atoms with Crippen LogP contribution >= 0.6 is 0 Å². The summed E-state index contributed by atoms with van der Waals surface area (Å²) >= 11 is 0. The number of nitrogens with two attached hydrogens (primary N) is 1. The summed E-state index contributed by atoms with van der Waals surface area (Å²) in [6.45, 7) is 3.14. The van der Waals surface area contributed by atoms with Crippen molar-refractivity contribution in [3.63, 3.8) is 0 Å². The number of hydrogen-bond acceptors (Lipinski definition) is 9. The summed E-state index contributed by atoms with van der Waals surface area (Å²) in [6, 6.07) is 4.20. The molecule has 1 aromatic carbocycles. The molecule has 1 aromatic rings. The van der Waals surface area contributed by atoms with Gasteiger partial charge in [0.15, 0.2) is 5.75 Å².